The van der Waals surface area contributed by atoms with E-state index in [0.717, 1.165) is 10.8 Å². The number of halogens is 1. The van der Waals surface area contributed by atoms with Crippen LogP contribution in [0.15, 0.2) is 29.2 Å². The molecule has 0 aliphatic rings. The SMILES string of the molecule is CNC(CSc1ccc(Cl)cc1)C(C)C. The van der Waals surface area contributed by atoms with Crippen LogP contribution in [0, 0.1) is 5.92 Å². The Bertz CT molecular complexity index is 284. The predicted octanol–water partition coefficient (Wildman–Crippen LogP) is 3.68. The van der Waals surface area contributed by atoms with Gasteiger partial charge in [-0.15, -0.1) is 11.8 Å². The number of hydrogen-bond acceptors (Lipinski definition) is 2. The number of hydrogen-bond donors (Lipinski definition) is 1. The number of benzene rings is 1. The molecule has 1 unspecified atom stereocenters. The lowest BCUT2D eigenvalue weighted by atomic mass is 10.1. The van der Waals surface area contributed by atoms with E-state index >= 15 is 0 Å². The van der Waals surface area contributed by atoms with Crippen molar-refractivity contribution in [1.29, 1.82) is 0 Å². The van der Waals surface area contributed by atoms with Gasteiger partial charge in [0.15, 0.2) is 0 Å². The molecule has 0 aromatic heterocycles. The van der Waals surface area contributed by atoms with Crippen molar-refractivity contribution < 1.29 is 0 Å². The molecule has 1 rings (SSSR count). The fraction of sp³-hybridized carbons (Fsp3) is 0.500. The minimum absolute atomic E-state index is 0.561. The molecule has 0 bridgehead atoms. The zero-order valence-corrected chi connectivity index (χ0v) is 11.0. The van der Waals surface area contributed by atoms with Crippen molar-refractivity contribution >= 4 is 23.4 Å². The molecule has 84 valence electrons. The Morgan fingerprint density at radius 2 is 1.87 bits per heavy atom. The van der Waals surface area contributed by atoms with E-state index in [9.17, 15) is 0 Å². The Hall–Kier alpha value is -0.180. The fourth-order valence-corrected chi connectivity index (χ4v) is 2.70. The van der Waals surface area contributed by atoms with Crippen LogP contribution in [0.2, 0.25) is 5.02 Å². The van der Waals surface area contributed by atoms with Crippen LogP contribution in [-0.2, 0) is 0 Å². The largest absolute Gasteiger partial charge is 0.316 e. The highest BCUT2D eigenvalue weighted by Crippen LogP contribution is 2.22. The summed E-state index contributed by atoms with van der Waals surface area (Å²) in [6.07, 6.45) is 0. The molecule has 3 heteroatoms. The highest BCUT2D eigenvalue weighted by molar-refractivity contribution is 7.99. The highest BCUT2D eigenvalue weighted by Gasteiger charge is 2.10. The first-order valence-electron chi connectivity index (χ1n) is 5.19. The van der Waals surface area contributed by atoms with E-state index in [1.807, 2.05) is 30.9 Å². The monoisotopic (exact) mass is 243 g/mol. The molecular formula is C12H18ClNS. The second-order valence-corrected chi connectivity index (χ2v) is 5.43. The van der Waals surface area contributed by atoms with Crippen molar-refractivity contribution in [3.63, 3.8) is 0 Å². The first kappa shape index (κ1) is 12.9. The van der Waals surface area contributed by atoms with Crippen molar-refractivity contribution in [1.82, 2.24) is 5.32 Å². The van der Waals surface area contributed by atoms with E-state index in [2.05, 4.69) is 31.3 Å². The summed E-state index contributed by atoms with van der Waals surface area (Å²) >= 11 is 7.70. The summed E-state index contributed by atoms with van der Waals surface area (Å²) in [5.74, 6) is 1.75. The van der Waals surface area contributed by atoms with E-state index in [4.69, 9.17) is 11.6 Å². The fourth-order valence-electron chi connectivity index (χ4n) is 1.33. The second-order valence-electron chi connectivity index (χ2n) is 3.90. The molecule has 0 spiro atoms. The van der Waals surface area contributed by atoms with Crippen LogP contribution in [0.5, 0.6) is 0 Å². The first-order chi connectivity index (χ1) is 7.13. The summed E-state index contributed by atoms with van der Waals surface area (Å²) in [7, 11) is 2.02. The summed E-state index contributed by atoms with van der Waals surface area (Å²) in [5, 5.41) is 4.14. The zero-order valence-electron chi connectivity index (χ0n) is 9.46. The standard InChI is InChI=1S/C12H18ClNS/c1-9(2)12(14-3)8-15-11-6-4-10(13)5-7-11/h4-7,9,12,14H,8H2,1-3H3. The zero-order chi connectivity index (χ0) is 11.3. The maximum atomic E-state index is 5.83. The molecule has 1 aromatic rings. The summed E-state index contributed by atoms with van der Waals surface area (Å²) < 4.78 is 0. The molecule has 0 saturated heterocycles. The third kappa shape index (κ3) is 4.45. The Morgan fingerprint density at radius 3 is 2.33 bits per heavy atom. The van der Waals surface area contributed by atoms with Gasteiger partial charge < -0.3 is 5.32 Å². The van der Waals surface area contributed by atoms with Crippen molar-refractivity contribution in [2.75, 3.05) is 12.8 Å². The van der Waals surface area contributed by atoms with Crippen molar-refractivity contribution in [3.05, 3.63) is 29.3 Å². The molecule has 0 aliphatic carbocycles. The topological polar surface area (TPSA) is 12.0 Å². The molecule has 15 heavy (non-hydrogen) atoms. The summed E-state index contributed by atoms with van der Waals surface area (Å²) in [6, 6.07) is 8.58. The normalized spacial score (nSPS) is 13.1. The van der Waals surface area contributed by atoms with E-state index in [-0.39, 0.29) is 0 Å². The molecule has 0 fully saturated rings. The molecule has 1 atom stereocenters. The number of rotatable bonds is 5. The van der Waals surface area contributed by atoms with E-state index in [1.54, 1.807) is 0 Å². The van der Waals surface area contributed by atoms with Crippen LogP contribution < -0.4 is 5.32 Å². The number of thioether (sulfide) groups is 1. The Labute approximate surface area is 102 Å². The van der Waals surface area contributed by atoms with Crippen LogP contribution in [0.1, 0.15) is 13.8 Å². The maximum Gasteiger partial charge on any atom is 0.0406 e. The van der Waals surface area contributed by atoms with Crippen LogP contribution in [0.3, 0.4) is 0 Å². The van der Waals surface area contributed by atoms with Gasteiger partial charge in [-0.25, -0.2) is 0 Å². The van der Waals surface area contributed by atoms with Gasteiger partial charge >= 0.3 is 0 Å². The molecule has 0 amide bonds. The van der Waals surface area contributed by atoms with Gasteiger partial charge in [-0.2, -0.15) is 0 Å². The van der Waals surface area contributed by atoms with Crippen LogP contribution >= 0.6 is 23.4 Å². The van der Waals surface area contributed by atoms with Crippen LogP contribution in [-0.4, -0.2) is 18.8 Å². The predicted molar refractivity (Wildman–Crippen MR) is 69.9 cm³/mol. The quantitative estimate of drug-likeness (QED) is 0.792. The van der Waals surface area contributed by atoms with Crippen molar-refractivity contribution in [3.8, 4) is 0 Å². The lowest BCUT2D eigenvalue weighted by Crippen LogP contribution is -2.32. The van der Waals surface area contributed by atoms with Gasteiger partial charge in [0.1, 0.15) is 0 Å². The average molecular weight is 244 g/mol. The Morgan fingerprint density at radius 1 is 1.27 bits per heavy atom. The minimum atomic E-state index is 0.561. The van der Waals surface area contributed by atoms with Gasteiger partial charge in [-0.1, -0.05) is 25.4 Å². The van der Waals surface area contributed by atoms with Gasteiger partial charge in [0.25, 0.3) is 0 Å². The van der Waals surface area contributed by atoms with Crippen molar-refractivity contribution in [2.24, 2.45) is 5.92 Å². The molecule has 0 saturated carbocycles. The molecule has 1 nitrogen and oxygen atoms in total. The lowest BCUT2D eigenvalue weighted by Gasteiger charge is -2.19. The molecular weight excluding hydrogens is 226 g/mol. The van der Waals surface area contributed by atoms with E-state index in [1.165, 1.54) is 4.90 Å². The molecule has 0 heterocycles. The van der Waals surface area contributed by atoms with Crippen LogP contribution in [0.4, 0.5) is 0 Å². The third-order valence-electron chi connectivity index (χ3n) is 2.42. The molecule has 1 N–H and O–H groups in total. The van der Waals surface area contributed by atoms with Crippen LogP contribution in [0.25, 0.3) is 0 Å². The first-order valence-corrected chi connectivity index (χ1v) is 6.55. The third-order valence-corrected chi connectivity index (χ3v) is 3.80. The highest BCUT2D eigenvalue weighted by atomic mass is 35.5. The smallest absolute Gasteiger partial charge is 0.0406 e. The maximum absolute atomic E-state index is 5.83. The summed E-state index contributed by atoms with van der Waals surface area (Å²) in [6.45, 7) is 4.48. The van der Waals surface area contributed by atoms with Crippen molar-refractivity contribution in [2.45, 2.75) is 24.8 Å². The van der Waals surface area contributed by atoms with Gasteiger partial charge in [-0.05, 0) is 37.2 Å². The van der Waals surface area contributed by atoms with Gasteiger partial charge in [-0.3, -0.25) is 0 Å². The molecule has 1 aromatic carbocycles. The van der Waals surface area contributed by atoms with Gasteiger partial charge in [0.2, 0.25) is 0 Å². The Kier molecular flexibility index (Phi) is 5.51. The number of nitrogens with one attached hydrogen (secondary N) is 1. The lowest BCUT2D eigenvalue weighted by molar-refractivity contribution is 0.465. The molecule has 0 radical (unpaired) electrons. The van der Waals surface area contributed by atoms with Gasteiger partial charge in [0.05, 0.1) is 0 Å². The molecule has 0 aliphatic heterocycles. The van der Waals surface area contributed by atoms with Gasteiger partial charge in [0, 0.05) is 21.7 Å². The summed E-state index contributed by atoms with van der Waals surface area (Å²) in [5.41, 5.74) is 0. The second kappa shape index (κ2) is 6.41. The van der Waals surface area contributed by atoms with E-state index < -0.39 is 0 Å². The summed E-state index contributed by atoms with van der Waals surface area (Å²) in [4.78, 5) is 1.28. The minimum Gasteiger partial charge on any atom is -0.316 e. The average Bonchev–Trinajstić information content (AvgIpc) is 2.21. The van der Waals surface area contributed by atoms with E-state index in [0.29, 0.717) is 12.0 Å². The Balaban J connectivity index is 2.45.